The Balaban J connectivity index is 2.10. The van der Waals surface area contributed by atoms with Crippen molar-refractivity contribution in [2.75, 3.05) is 6.61 Å². The lowest BCUT2D eigenvalue weighted by atomic mass is 9.62. The van der Waals surface area contributed by atoms with E-state index in [2.05, 4.69) is 20.8 Å². The molecule has 0 aliphatic heterocycles. The number of hydrogen-bond donors (Lipinski definition) is 2. The van der Waals surface area contributed by atoms with Crippen LogP contribution in [0.5, 0.6) is 0 Å². The normalized spacial score (nSPS) is 61.6. The first-order chi connectivity index (χ1) is 7.89. The van der Waals surface area contributed by atoms with Crippen LogP contribution in [0.4, 0.5) is 0 Å². The standard InChI is InChI=1S/C15H26O2/c1-13(9-16)6-4-7-14(2)10-5-8-15(14,3)12(17)11(10)13/h10-12,16-17H,4-9H2,1-3H3/t10-,11-,12+,13-,14+,15+/m0/s1. The first-order valence-electron chi connectivity index (χ1n) is 7.18. The molecular formula is C15H26O2. The Bertz CT molecular complexity index is 342. The molecule has 2 nitrogen and oxygen atoms in total. The average Bonchev–Trinajstić information content (AvgIpc) is 2.57. The molecule has 0 radical (unpaired) electrons. The highest BCUT2D eigenvalue weighted by atomic mass is 16.3. The molecule has 6 atom stereocenters. The molecule has 0 spiro atoms. The lowest BCUT2D eigenvalue weighted by Gasteiger charge is -2.45. The third kappa shape index (κ3) is 1.14. The van der Waals surface area contributed by atoms with E-state index in [0.29, 0.717) is 17.3 Å². The minimum Gasteiger partial charge on any atom is -0.396 e. The second-order valence-electron chi connectivity index (χ2n) is 7.62. The topological polar surface area (TPSA) is 40.5 Å². The molecule has 3 rings (SSSR count). The maximum atomic E-state index is 10.8. The van der Waals surface area contributed by atoms with E-state index in [1.807, 2.05) is 0 Å². The molecule has 0 aromatic heterocycles. The predicted octanol–water partition coefficient (Wildman–Crippen LogP) is 2.58. The van der Waals surface area contributed by atoms with E-state index >= 15 is 0 Å². The molecule has 4 bridgehead atoms. The fourth-order valence-electron chi connectivity index (χ4n) is 5.71. The van der Waals surface area contributed by atoms with Crippen LogP contribution in [0.25, 0.3) is 0 Å². The second kappa shape index (κ2) is 3.27. The molecule has 3 fully saturated rings. The number of aliphatic hydroxyl groups is 2. The Morgan fingerprint density at radius 3 is 2.41 bits per heavy atom. The molecule has 0 unspecified atom stereocenters. The average molecular weight is 238 g/mol. The molecule has 3 saturated carbocycles. The molecule has 0 amide bonds. The van der Waals surface area contributed by atoms with Gasteiger partial charge in [-0.3, -0.25) is 0 Å². The van der Waals surface area contributed by atoms with Gasteiger partial charge in [-0.2, -0.15) is 0 Å². The van der Waals surface area contributed by atoms with Crippen LogP contribution in [-0.2, 0) is 0 Å². The first-order valence-corrected chi connectivity index (χ1v) is 7.18. The number of hydrogen-bond acceptors (Lipinski definition) is 2. The van der Waals surface area contributed by atoms with Crippen molar-refractivity contribution in [2.24, 2.45) is 28.1 Å². The van der Waals surface area contributed by atoms with Gasteiger partial charge < -0.3 is 10.2 Å². The van der Waals surface area contributed by atoms with Crippen LogP contribution >= 0.6 is 0 Å². The fourth-order valence-corrected chi connectivity index (χ4v) is 5.71. The highest BCUT2D eigenvalue weighted by molar-refractivity contribution is 5.19. The lowest BCUT2D eigenvalue weighted by molar-refractivity contribution is -0.0768. The summed E-state index contributed by atoms with van der Waals surface area (Å²) in [5.74, 6) is 0.945. The Labute approximate surface area is 104 Å². The molecule has 2 N–H and O–H groups in total. The van der Waals surface area contributed by atoms with Crippen LogP contribution < -0.4 is 0 Å². The van der Waals surface area contributed by atoms with Crippen molar-refractivity contribution in [3.8, 4) is 0 Å². The fraction of sp³-hybridized carbons (Fsp3) is 1.00. The first kappa shape index (κ1) is 12.0. The summed E-state index contributed by atoms with van der Waals surface area (Å²) in [4.78, 5) is 0. The molecular weight excluding hydrogens is 212 g/mol. The number of rotatable bonds is 1. The van der Waals surface area contributed by atoms with Crippen molar-refractivity contribution < 1.29 is 10.2 Å². The summed E-state index contributed by atoms with van der Waals surface area (Å²) in [6.07, 6.45) is 5.74. The van der Waals surface area contributed by atoms with Crippen LogP contribution in [0, 0.1) is 28.1 Å². The van der Waals surface area contributed by atoms with Crippen LogP contribution in [0.1, 0.15) is 52.9 Å². The van der Waals surface area contributed by atoms with Crippen LogP contribution in [0.3, 0.4) is 0 Å². The van der Waals surface area contributed by atoms with E-state index in [0.717, 1.165) is 6.42 Å². The van der Waals surface area contributed by atoms with Crippen molar-refractivity contribution >= 4 is 0 Å². The molecule has 0 heterocycles. The summed E-state index contributed by atoms with van der Waals surface area (Å²) in [7, 11) is 0. The summed E-state index contributed by atoms with van der Waals surface area (Å²) in [5.41, 5.74) is 0.350. The maximum absolute atomic E-state index is 10.8. The zero-order valence-electron chi connectivity index (χ0n) is 11.4. The predicted molar refractivity (Wildman–Crippen MR) is 67.5 cm³/mol. The van der Waals surface area contributed by atoms with Gasteiger partial charge in [-0.15, -0.1) is 0 Å². The van der Waals surface area contributed by atoms with Gasteiger partial charge in [0.05, 0.1) is 6.10 Å². The zero-order chi connectivity index (χ0) is 12.5. The van der Waals surface area contributed by atoms with Crippen molar-refractivity contribution in [1.29, 1.82) is 0 Å². The summed E-state index contributed by atoms with van der Waals surface area (Å²) < 4.78 is 0. The monoisotopic (exact) mass is 238 g/mol. The molecule has 0 aromatic rings. The van der Waals surface area contributed by atoms with Crippen molar-refractivity contribution in [2.45, 2.75) is 59.0 Å². The molecule has 0 saturated heterocycles. The Morgan fingerprint density at radius 2 is 1.76 bits per heavy atom. The van der Waals surface area contributed by atoms with E-state index in [1.54, 1.807) is 0 Å². The van der Waals surface area contributed by atoms with Gasteiger partial charge >= 0.3 is 0 Å². The van der Waals surface area contributed by atoms with Gasteiger partial charge in [-0.1, -0.05) is 27.2 Å². The third-order valence-corrected chi connectivity index (χ3v) is 7.13. The molecule has 3 aliphatic rings. The van der Waals surface area contributed by atoms with Gasteiger partial charge in [0, 0.05) is 6.61 Å². The van der Waals surface area contributed by atoms with Crippen molar-refractivity contribution in [1.82, 2.24) is 0 Å². The van der Waals surface area contributed by atoms with E-state index in [9.17, 15) is 10.2 Å². The Morgan fingerprint density at radius 1 is 1.06 bits per heavy atom. The van der Waals surface area contributed by atoms with E-state index in [-0.39, 0.29) is 23.5 Å². The molecule has 0 aromatic carbocycles. The largest absolute Gasteiger partial charge is 0.396 e. The highest BCUT2D eigenvalue weighted by Gasteiger charge is 2.71. The van der Waals surface area contributed by atoms with E-state index in [4.69, 9.17) is 0 Å². The van der Waals surface area contributed by atoms with Crippen LogP contribution in [-0.4, -0.2) is 22.9 Å². The SMILES string of the molecule is C[C@@]1(CO)CCC[C@]2(C)[C@H]3CC[C@]2(C)[C@H](O)[C@H]31. The Hall–Kier alpha value is -0.0800. The van der Waals surface area contributed by atoms with E-state index < -0.39 is 0 Å². The van der Waals surface area contributed by atoms with E-state index in [1.165, 1.54) is 25.7 Å². The number of aliphatic hydroxyl groups excluding tert-OH is 2. The molecule has 17 heavy (non-hydrogen) atoms. The molecule has 2 heteroatoms. The zero-order valence-corrected chi connectivity index (χ0v) is 11.4. The van der Waals surface area contributed by atoms with Crippen molar-refractivity contribution in [3.05, 3.63) is 0 Å². The van der Waals surface area contributed by atoms with Gasteiger partial charge in [-0.25, -0.2) is 0 Å². The van der Waals surface area contributed by atoms with Crippen molar-refractivity contribution in [3.63, 3.8) is 0 Å². The molecule has 3 aliphatic carbocycles. The van der Waals surface area contributed by atoms with Crippen LogP contribution in [0.2, 0.25) is 0 Å². The minimum absolute atomic E-state index is 0.0555. The minimum atomic E-state index is -0.205. The third-order valence-electron chi connectivity index (χ3n) is 7.13. The van der Waals surface area contributed by atoms with Gasteiger partial charge in [0.25, 0.3) is 0 Å². The van der Waals surface area contributed by atoms with Gasteiger partial charge in [0.1, 0.15) is 0 Å². The lowest BCUT2D eigenvalue weighted by Crippen LogP contribution is -2.46. The van der Waals surface area contributed by atoms with Crippen LogP contribution in [0.15, 0.2) is 0 Å². The van der Waals surface area contributed by atoms with Gasteiger partial charge in [0.2, 0.25) is 0 Å². The summed E-state index contributed by atoms with van der Waals surface area (Å²) in [6.45, 7) is 7.12. The second-order valence-corrected chi connectivity index (χ2v) is 7.62. The van der Waals surface area contributed by atoms with Gasteiger partial charge in [-0.05, 0) is 53.8 Å². The highest BCUT2D eigenvalue weighted by Crippen LogP contribution is 2.74. The quantitative estimate of drug-likeness (QED) is 0.737. The molecule has 98 valence electrons. The summed E-state index contributed by atoms with van der Waals surface area (Å²) in [6, 6.07) is 0. The van der Waals surface area contributed by atoms with Gasteiger partial charge in [0.15, 0.2) is 0 Å². The smallest absolute Gasteiger partial charge is 0.0636 e. The maximum Gasteiger partial charge on any atom is 0.0636 e. The summed E-state index contributed by atoms with van der Waals surface area (Å²) >= 11 is 0. The Kier molecular flexibility index (Phi) is 2.30. The summed E-state index contributed by atoms with van der Waals surface area (Å²) in [5, 5.41) is 20.6.